The Kier molecular flexibility index (Phi) is 4.69. The van der Waals surface area contributed by atoms with Gasteiger partial charge in [0.25, 0.3) is 0 Å². The zero-order chi connectivity index (χ0) is 14.5. The average Bonchev–Trinajstić information content (AvgIpc) is 2.77. The van der Waals surface area contributed by atoms with E-state index in [-0.39, 0.29) is 18.0 Å². The van der Waals surface area contributed by atoms with Gasteiger partial charge in [-0.15, -0.1) is 0 Å². The van der Waals surface area contributed by atoms with Crippen LogP contribution in [0.2, 0.25) is 0 Å². The quantitative estimate of drug-likeness (QED) is 0.812. The van der Waals surface area contributed by atoms with E-state index in [9.17, 15) is 9.18 Å². The summed E-state index contributed by atoms with van der Waals surface area (Å²) >= 11 is 0. The van der Waals surface area contributed by atoms with Gasteiger partial charge in [0.05, 0.1) is 12.8 Å². The van der Waals surface area contributed by atoms with Crippen LogP contribution < -0.4 is 0 Å². The highest BCUT2D eigenvalue weighted by Crippen LogP contribution is 2.12. The number of nitrogens with zero attached hydrogens (tertiary/aromatic N) is 1. The number of hydrogen-bond acceptors (Lipinski definition) is 3. The Morgan fingerprint density at radius 2 is 2.00 bits per heavy atom. The number of carbonyl (C=O) groups is 1. The largest absolute Gasteiger partial charge is 0.469 e. The van der Waals surface area contributed by atoms with Crippen LogP contribution >= 0.6 is 0 Å². The van der Waals surface area contributed by atoms with Crippen molar-refractivity contribution in [2.75, 3.05) is 13.6 Å². The minimum absolute atomic E-state index is 0.00116. The summed E-state index contributed by atoms with van der Waals surface area (Å²) in [6.45, 7) is 2.83. The normalized spacial score (nSPS) is 11.0. The van der Waals surface area contributed by atoms with Crippen molar-refractivity contribution < 1.29 is 13.6 Å². The minimum atomic E-state index is -0.325. The first-order valence-corrected chi connectivity index (χ1v) is 6.53. The Labute approximate surface area is 118 Å². The summed E-state index contributed by atoms with van der Waals surface area (Å²) < 4.78 is 18.7. The van der Waals surface area contributed by atoms with E-state index in [1.165, 1.54) is 6.07 Å². The Morgan fingerprint density at radius 3 is 2.65 bits per heavy atom. The first kappa shape index (κ1) is 14.5. The van der Waals surface area contributed by atoms with E-state index in [1.54, 1.807) is 24.5 Å². The zero-order valence-corrected chi connectivity index (χ0v) is 11.7. The molecule has 4 heteroatoms. The Morgan fingerprint density at radius 1 is 1.25 bits per heavy atom. The summed E-state index contributed by atoms with van der Waals surface area (Å²) in [6, 6.07) is 8.28. The molecule has 0 fully saturated rings. The molecule has 0 spiro atoms. The monoisotopic (exact) mass is 275 g/mol. The lowest BCUT2D eigenvalue weighted by atomic mass is 10.1. The van der Waals surface area contributed by atoms with Crippen LogP contribution in [0.15, 0.2) is 41.0 Å². The smallest absolute Gasteiger partial charge is 0.151 e. The number of Topliss-reactive ketones (excluding diaryl/α,β-unsaturated/α-hetero) is 1. The molecule has 20 heavy (non-hydrogen) atoms. The standard InChI is InChI=1S/C16H18FNO2/c1-12-14(7-8-20-12)10-18(2)11-15(19)9-13-5-3-4-6-16(13)17/h3-8H,9-11H2,1-2H3. The fourth-order valence-electron chi connectivity index (χ4n) is 2.13. The van der Waals surface area contributed by atoms with E-state index in [0.717, 1.165) is 11.3 Å². The maximum atomic E-state index is 13.5. The van der Waals surface area contributed by atoms with Crippen molar-refractivity contribution in [3.8, 4) is 0 Å². The first-order valence-electron chi connectivity index (χ1n) is 6.53. The molecule has 0 saturated heterocycles. The van der Waals surface area contributed by atoms with Crippen molar-refractivity contribution in [3.63, 3.8) is 0 Å². The third kappa shape index (κ3) is 3.78. The van der Waals surface area contributed by atoms with Gasteiger partial charge < -0.3 is 4.42 Å². The van der Waals surface area contributed by atoms with E-state index < -0.39 is 0 Å². The van der Waals surface area contributed by atoms with Gasteiger partial charge in [-0.25, -0.2) is 4.39 Å². The van der Waals surface area contributed by atoms with Gasteiger partial charge >= 0.3 is 0 Å². The molecule has 1 aromatic heterocycles. The Bertz CT molecular complexity index is 592. The SMILES string of the molecule is Cc1occc1CN(C)CC(=O)Cc1ccccc1F. The number of likely N-dealkylation sites (N-methyl/N-ethyl adjacent to an activating group) is 1. The molecule has 0 amide bonds. The number of carbonyl (C=O) groups excluding carboxylic acids is 1. The van der Waals surface area contributed by atoms with Gasteiger partial charge in [0.15, 0.2) is 5.78 Å². The van der Waals surface area contributed by atoms with Crippen LogP contribution in [0.25, 0.3) is 0 Å². The molecule has 0 aliphatic rings. The summed E-state index contributed by atoms with van der Waals surface area (Å²) in [5.74, 6) is 0.534. The van der Waals surface area contributed by atoms with Gasteiger partial charge in [-0.3, -0.25) is 9.69 Å². The van der Waals surface area contributed by atoms with Crippen LogP contribution in [0.5, 0.6) is 0 Å². The molecule has 0 bridgehead atoms. The van der Waals surface area contributed by atoms with Crippen LogP contribution in [0.1, 0.15) is 16.9 Å². The number of ketones is 1. The van der Waals surface area contributed by atoms with Gasteiger partial charge in [-0.1, -0.05) is 18.2 Å². The van der Waals surface area contributed by atoms with Crippen LogP contribution in [0.4, 0.5) is 4.39 Å². The maximum absolute atomic E-state index is 13.5. The predicted molar refractivity (Wildman–Crippen MR) is 74.9 cm³/mol. The van der Waals surface area contributed by atoms with Crippen molar-refractivity contribution >= 4 is 5.78 Å². The molecule has 0 N–H and O–H groups in total. The van der Waals surface area contributed by atoms with Gasteiger partial charge in [0.1, 0.15) is 11.6 Å². The van der Waals surface area contributed by atoms with Crippen LogP contribution in [-0.2, 0) is 17.8 Å². The van der Waals surface area contributed by atoms with Crippen molar-refractivity contribution in [1.82, 2.24) is 4.90 Å². The average molecular weight is 275 g/mol. The number of halogens is 1. The summed E-state index contributed by atoms with van der Waals surface area (Å²) in [5.41, 5.74) is 1.51. The second-order valence-electron chi connectivity index (χ2n) is 4.98. The first-order chi connectivity index (χ1) is 9.56. The summed E-state index contributed by atoms with van der Waals surface area (Å²) in [4.78, 5) is 13.9. The fourth-order valence-corrected chi connectivity index (χ4v) is 2.13. The van der Waals surface area contributed by atoms with Gasteiger partial charge in [-0.05, 0) is 31.7 Å². The predicted octanol–water partition coefficient (Wildman–Crippen LogP) is 2.97. The molecule has 0 atom stereocenters. The van der Waals surface area contributed by atoms with Crippen molar-refractivity contribution in [3.05, 3.63) is 59.3 Å². The van der Waals surface area contributed by atoms with E-state index >= 15 is 0 Å². The minimum Gasteiger partial charge on any atom is -0.469 e. The molecule has 0 radical (unpaired) electrons. The Balaban J connectivity index is 1.88. The number of benzene rings is 1. The summed E-state index contributed by atoms with van der Waals surface area (Å²) in [6.07, 6.45) is 1.76. The topological polar surface area (TPSA) is 33.5 Å². The molecule has 0 aliphatic heterocycles. The molecule has 0 unspecified atom stereocenters. The lowest BCUT2D eigenvalue weighted by Crippen LogP contribution is -2.26. The van der Waals surface area contributed by atoms with Gasteiger partial charge in [0, 0.05) is 18.5 Å². The highest BCUT2D eigenvalue weighted by atomic mass is 19.1. The molecule has 0 aliphatic carbocycles. The highest BCUT2D eigenvalue weighted by molar-refractivity contribution is 5.82. The summed E-state index contributed by atoms with van der Waals surface area (Å²) in [7, 11) is 1.87. The molecule has 1 heterocycles. The summed E-state index contributed by atoms with van der Waals surface area (Å²) in [5, 5.41) is 0. The molecule has 0 saturated carbocycles. The van der Waals surface area contributed by atoms with Crippen molar-refractivity contribution in [2.24, 2.45) is 0 Å². The fraction of sp³-hybridized carbons (Fsp3) is 0.312. The van der Waals surface area contributed by atoms with Crippen LogP contribution in [-0.4, -0.2) is 24.3 Å². The Hall–Kier alpha value is -1.94. The van der Waals surface area contributed by atoms with Gasteiger partial charge in [-0.2, -0.15) is 0 Å². The number of aryl methyl sites for hydroxylation is 1. The van der Waals surface area contributed by atoms with Crippen LogP contribution in [0.3, 0.4) is 0 Å². The molecule has 2 rings (SSSR count). The van der Waals surface area contributed by atoms with Crippen LogP contribution in [0, 0.1) is 12.7 Å². The van der Waals surface area contributed by atoms with E-state index in [0.29, 0.717) is 18.7 Å². The van der Waals surface area contributed by atoms with E-state index in [4.69, 9.17) is 4.42 Å². The lowest BCUT2D eigenvalue weighted by molar-refractivity contribution is -0.119. The number of furan rings is 1. The third-order valence-electron chi connectivity index (χ3n) is 3.20. The molecular formula is C16H18FNO2. The third-order valence-corrected chi connectivity index (χ3v) is 3.20. The molecule has 2 aromatic rings. The molecule has 1 aromatic carbocycles. The van der Waals surface area contributed by atoms with E-state index in [1.807, 2.05) is 24.9 Å². The molecular weight excluding hydrogens is 257 g/mol. The lowest BCUT2D eigenvalue weighted by Gasteiger charge is -2.15. The number of rotatable bonds is 6. The van der Waals surface area contributed by atoms with Gasteiger partial charge in [0.2, 0.25) is 0 Å². The van der Waals surface area contributed by atoms with Crippen molar-refractivity contribution in [2.45, 2.75) is 19.9 Å². The second-order valence-corrected chi connectivity index (χ2v) is 4.98. The number of hydrogen-bond donors (Lipinski definition) is 0. The molecule has 3 nitrogen and oxygen atoms in total. The molecule has 106 valence electrons. The maximum Gasteiger partial charge on any atom is 0.151 e. The second kappa shape index (κ2) is 6.48. The highest BCUT2D eigenvalue weighted by Gasteiger charge is 2.12. The van der Waals surface area contributed by atoms with E-state index in [2.05, 4.69) is 0 Å². The zero-order valence-electron chi connectivity index (χ0n) is 11.7. The van der Waals surface area contributed by atoms with Crippen molar-refractivity contribution in [1.29, 1.82) is 0 Å².